The number of hydrogen-bond acceptors (Lipinski definition) is 20. The van der Waals surface area contributed by atoms with Crippen LogP contribution in [0.2, 0.25) is 10.3 Å². The van der Waals surface area contributed by atoms with Crippen LogP contribution in [0, 0.1) is 10.8 Å². The van der Waals surface area contributed by atoms with Gasteiger partial charge in [0.2, 0.25) is 0 Å². The van der Waals surface area contributed by atoms with Gasteiger partial charge >= 0.3 is 24.0 Å². The van der Waals surface area contributed by atoms with E-state index in [1.807, 2.05) is 33.0 Å². The van der Waals surface area contributed by atoms with Gasteiger partial charge in [-0.1, -0.05) is 79.2 Å². The Morgan fingerprint density at radius 2 is 1.18 bits per heavy atom. The van der Waals surface area contributed by atoms with Gasteiger partial charge in [0.15, 0.2) is 0 Å². The Hall–Kier alpha value is -4.23. The number of alkyl carbamates (subject to hydrolysis) is 1. The van der Waals surface area contributed by atoms with Gasteiger partial charge in [0.05, 0.1) is 82.3 Å². The first-order valence-electron chi connectivity index (χ1n) is 27.4. The van der Waals surface area contributed by atoms with Crippen molar-refractivity contribution in [1.29, 1.82) is 0 Å². The average molecular weight is 1380 g/mol. The van der Waals surface area contributed by atoms with Crippen LogP contribution < -0.4 is 21.3 Å². The number of carbonyl (C=O) groups is 4. The molecule has 0 saturated carbocycles. The molecule has 2 fully saturated rings. The van der Waals surface area contributed by atoms with Crippen LogP contribution in [-0.2, 0) is 46.2 Å². The summed E-state index contributed by atoms with van der Waals surface area (Å²) in [5, 5.41) is 8.96. The molecule has 1 amide bonds. The highest BCUT2D eigenvalue weighted by Crippen LogP contribution is 2.53. The largest absolute Gasteiger partial charge is 0.466 e. The minimum Gasteiger partial charge on any atom is -0.466 e. The van der Waals surface area contributed by atoms with Crippen LogP contribution in [-0.4, -0.2) is 123 Å². The Morgan fingerprint density at radius 1 is 0.694 bits per heavy atom. The number of nitrogens with zero attached hydrogens (tertiary/aromatic N) is 7. The number of anilines is 1. The fourth-order valence-electron chi connectivity index (χ4n) is 9.81. The second kappa shape index (κ2) is 39.6. The molecule has 2 spiro atoms. The predicted molar refractivity (Wildman–Crippen MR) is 352 cm³/mol. The molecule has 0 radical (unpaired) electrons. The smallest absolute Gasteiger partial charge is 0.408 e. The van der Waals surface area contributed by atoms with Crippen LogP contribution in [0.5, 0.6) is 0 Å². The van der Waals surface area contributed by atoms with Gasteiger partial charge in [0, 0.05) is 41.8 Å². The van der Waals surface area contributed by atoms with Gasteiger partial charge in [-0.3, -0.25) is 14.4 Å². The van der Waals surface area contributed by atoms with E-state index in [1.54, 1.807) is 39.4 Å². The maximum Gasteiger partial charge on any atom is 0.408 e. The molecule has 470 valence electrons. The van der Waals surface area contributed by atoms with E-state index in [-0.39, 0.29) is 73.7 Å². The summed E-state index contributed by atoms with van der Waals surface area (Å²) in [4.78, 5) is 72.5. The normalized spacial score (nSPS) is 16.2. The number of piperidine rings is 2. The van der Waals surface area contributed by atoms with Crippen molar-refractivity contribution < 1.29 is 38.1 Å². The number of ether oxygens (including phenoxy) is 4. The molecule has 2 aromatic carbocycles. The summed E-state index contributed by atoms with van der Waals surface area (Å²) in [7, 11) is 0. The van der Waals surface area contributed by atoms with Crippen LogP contribution in [0.15, 0.2) is 100 Å². The molecule has 85 heavy (non-hydrogen) atoms. The summed E-state index contributed by atoms with van der Waals surface area (Å²) >= 11 is 20.9. The number of esters is 3. The summed E-state index contributed by atoms with van der Waals surface area (Å²) in [6.45, 7) is 16.2. The van der Waals surface area contributed by atoms with E-state index in [0.717, 1.165) is 61.3 Å². The fourth-order valence-corrected chi connectivity index (χ4v) is 11.9. The third kappa shape index (κ3) is 25.8. The highest BCUT2D eigenvalue weighted by Gasteiger charge is 2.49. The van der Waals surface area contributed by atoms with Gasteiger partial charge in [0.25, 0.3) is 0 Å². The first kappa shape index (κ1) is 76.9. The SMILES string of the molecule is C.CCOC(=O)CCS.CCOC(=O)CCSc1cnc(Cl)cn1.CCOC(=O)CCSc1cnc(N2CCC3(CC2)Cc2ccccc2[C@H]3NC(=O)OC(C)(C)C)cn1.Cl.Cl.Clc1cnc(Br)cn1.N[C@@H]1c2ccccc2CC12CCNCC2. The van der Waals surface area contributed by atoms with Gasteiger partial charge in [-0.15, -0.1) is 48.3 Å². The Bertz CT molecular complexity index is 2740. The number of hydrogen-bond donors (Lipinski definition) is 4. The highest BCUT2D eigenvalue weighted by atomic mass is 79.9. The molecule has 0 bridgehead atoms. The van der Waals surface area contributed by atoms with E-state index in [9.17, 15) is 19.2 Å². The average Bonchev–Trinajstić information content (AvgIpc) is 1.84. The van der Waals surface area contributed by atoms with Gasteiger partial charge < -0.3 is 40.2 Å². The Morgan fingerprint density at radius 3 is 1.64 bits per heavy atom. The zero-order valence-corrected chi connectivity index (χ0v) is 55.6. The lowest BCUT2D eigenvalue weighted by molar-refractivity contribution is -0.143. The number of amides is 1. The minimum absolute atomic E-state index is 0. The molecule has 4 N–H and O–H groups in total. The summed E-state index contributed by atoms with van der Waals surface area (Å²) in [5.74, 6) is 2.13. The molecule has 2 aliphatic carbocycles. The van der Waals surface area contributed by atoms with E-state index in [4.69, 9.17) is 43.1 Å². The zero-order valence-electron chi connectivity index (χ0n) is 48.4. The molecule has 26 heteroatoms. The molecule has 4 aliphatic rings. The van der Waals surface area contributed by atoms with Gasteiger partial charge in [0.1, 0.15) is 36.4 Å². The first-order chi connectivity index (χ1) is 39.3. The maximum atomic E-state index is 12.7. The number of nitrogens with one attached hydrogen (secondary N) is 2. The molecule has 2 aliphatic heterocycles. The van der Waals surface area contributed by atoms with Gasteiger partial charge in [-0.25, -0.2) is 34.7 Å². The van der Waals surface area contributed by atoms with Crippen molar-refractivity contribution in [3.63, 3.8) is 0 Å². The number of nitrogens with two attached hydrogens (primary N) is 1. The Kier molecular flexibility index (Phi) is 35.8. The first-order valence-corrected chi connectivity index (χ1v) is 31.6. The number of halogens is 5. The second-order valence-corrected chi connectivity index (χ2v) is 24.7. The molecule has 3 aromatic heterocycles. The van der Waals surface area contributed by atoms with E-state index in [1.165, 1.54) is 77.4 Å². The van der Waals surface area contributed by atoms with E-state index < -0.39 is 5.60 Å². The lowest BCUT2D eigenvalue weighted by atomic mass is 9.72. The number of benzene rings is 2. The van der Waals surface area contributed by atoms with Crippen molar-refractivity contribution in [2.45, 2.75) is 134 Å². The maximum absolute atomic E-state index is 12.7. The molecule has 18 nitrogen and oxygen atoms in total. The molecule has 5 aromatic rings. The molecule has 0 unspecified atom stereocenters. The van der Waals surface area contributed by atoms with Crippen molar-refractivity contribution in [3.05, 3.63) is 123 Å². The van der Waals surface area contributed by atoms with Crippen molar-refractivity contribution in [1.82, 2.24) is 40.5 Å². The predicted octanol–water partition coefficient (Wildman–Crippen LogP) is 13.0. The van der Waals surface area contributed by atoms with Crippen LogP contribution in [0.3, 0.4) is 0 Å². The van der Waals surface area contributed by atoms with Crippen molar-refractivity contribution in [3.8, 4) is 0 Å². The monoisotopic (exact) mass is 1370 g/mol. The van der Waals surface area contributed by atoms with Crippen LogP contribution in [0.4, 0.5) is 10.6 Å². The zero-order chi connectivity index (χ0) is 59.5. The molecule has 2 saturated heterocycles. The van der Waals surface area contributed by atoms with E-state index in [0.29, 0.717) is 76.7 Å². The van der Waals surface area contributed by atoms with Crippen LogP contribution in [0.1, 0.15) is 128 Å². The third-order valence-corrected chi connectivity index (χ3v) is 16.5. The molecule has 5 heterocycles. The number of fused-ring (bicyclic) bond motifs is 2. The quantitative estimate of drug-likeness (QED) is 0.0330. The fraction of sp³-hybridized carbons (Fsp3) is 0.525. The number of rotatable bonds is 15. The van der Waals surface area contributed by atoms with Crippen LogP contribution >= 0.6 is 100 Å². The molecular formula is C59H83BrCl4N10O8S3. The third-order valence-electron chi connectivity index (χ3n) is 13.6. The number of thioether (sulfide) groups is 2. The lowest BCUT2D eigenvalue weighted by Gasteiger charge is -2.43. The standard InChI is InChI=1S/C27H36N4O4S.C13H18N2.C9H11ClN2O2S.C5H10O2S.C4H2BrClN2.CH4.2ClH/c1-5-34-23(32)10-15-36-22-18-28-21(17-29-22)31-13-11-27(12-14-31)16-19-8-6-7-9-20(19)24(27)30-25(33)35-26(2,3)4;14-12-11-4-2-1-3-10(11)9-13(12)5-7-15-8-6-13;1-2-14-9(13)3-4-15-8-6-11-7(10)5-12-8;1-2-7-5(6)3-4-8;5-3-1-8-4(6)2-7-3;;;/h6-9,17-18,24H,5,10-16H2,1-4H3,(H,30,33);1-4,12,15H,5-9,14H2;5-6H,2-4H2,1H3;8H,2-4H2,1H3;1-2H;1H4;2*1H/t24-;12-;;;;;;/m11....../s1. The number of thiol groups is 1. The minimum atomic E-state index is -0.541. The van der Waals surface area contributed by atoms with E-state index in [2.05, 4.69) is 121 Å². The van der Waals surface area contributed by atoms with Crippen LogP contribution in [0.25, 0.3) is 0 Å². The lowest BCUT2D eigenvalue weighted by Crippen LogP contribution is -2.47. The number of carbonyl (C=O) groups excluding carboxylic acids is 4. The Labute approximate surface area is 546 Å². The van der Waals surface area contributed by atoms with Crippen molar-refractivity contribution in [2.75, 3.05) is 68.2 Å². The highest BCUT2D eigenvalue weighted by molar-refractivity contribution is 9.10. The van der Waals surface area contributed by atoms with Crippen molar-refractivity contribution in [2.24, 2.45) is 16.6 Å². The topological polar surface area (TPSA) is 236 Å². The molecule has 9 rings (SSSR count). The van der Waals surface area contributed by atoms with Gasteiger partial charge in [-0.05, 0) is 137 Å². The van der Waals surface area contributed by atoms with E-state index >= 15 is 0 Å². The summed E-state index contributed by atoms with van der Waals surface area (Å²) in [6.07, 6.45) is 16.9. The number of aromatic nitrogens is 6. The summed E-state index contributed by atoms with van der Waals surface area (Å²) in [6, 6.07) is 17.3. The second-order valence-electron chi connectivity index (χ2n) is 20.4. The Balaban J connectivity index is 0.000000415. The summed E-state index contributed by atoms with van der Waals surface area (Å²) in [5.41, 5.74) is 11.6. The van der Waals surface area contributed by atoms with Crippen molar-refractivity contribution >= 4 is 130 Å². The van der Waals surface area contributed by atoms with Gasteiger partial charge in [-0.2, -0.15) is 12.6 Å². The molecule has 2 atom stereocenters. The molecular weight excluding hydrogens is 1290 g/mol. The summed E-state index contributed by atoms with van der Waals surface area (Å²) < 4.78 is 20.6.